The Bertz CT molecular complexity index is 636. The molecule has 0 aliphatic carbocycles. The molecule has 5 nitrogen and oxygen atoms in total. The number of nitrogens with zero attached hydrogens (tertiary/aromatic N) is 2. The maximum Gasteiger partial charge on any atom is 0.407 e. The molecule has 2 aromatic carbocycles. The van der Waals surface area contributed by atoms with Gasteiger partial charge in [0.05, 0.1) is 0 Å². The van der Waals surface area contributed by atoms with E-state index < -0.39 is 6.09 Å². The van der Waals surface area contributed by atoms with Crippen molar-refractivity contribution in [3.05, 3.63) is 71.8 Å². The van der Waals surface area contributed by atoms with Crippen molar-refractivity contribution in [3.63, 3.8) is 0 Å². The fraction of sp³-hybridized carbons (Fsp3) is 0.350. The third-order valence-corrected chi connectivity index (χ3v) is 4.84. The number of hydrogen-bond donors (Lipinski definition) is 2. The lowest BCUT2D eigenvalue weighted by atomic mass is 10.0. The topological polar surface area (TPSA) is 64.0 Å². The van der Waals surface area contributed by atoms with Gasteiger partial charge in [-0.2, -0.15) is 0 Å². The number of hydrogen-bond acceptors (Lipinski definition) is 3. The quantitative estimate of drug-likeness (QED) is 0.849. The Balaban J connectivity index is 1.83. The van der Waals surface area contributed by atoms with Gasteiger partial charge in [-0.05, 0) is 11.1 Å². The summed E-state index contributed by atoms with van der Waals surface area (Å²) in [5.74, 6) is -0.0662. The van der Waals surface area contributed by atoms with Gasteiger partial charge in [-0.1, -0.05) is 60.7 Å². The van der Waals surface area contributed by atoms with E-state index in [-0.39, 0.29) is 18.6 Å². The summed E-state index contributed by atoms with van der Waals surface area (Å²) in [6.45, 7) is 2.26. The molecule has 1 fully saturated rings. The summed E-state index contributed by atoms with van der Waals surface area (Å²) in [6, 6.07) is 20.3. The molecular weight excluding hydrogens is 316 g/mol. The lowest BCUT2D eigenvalue weighted by molar-refractivity contribution is 0.114. The Morgan fingerprint density at radius 2 is 1.48 bits per heavy atom. The van der Waals surface area contributed by atoms with Gasteiger partial charge >= 0.3 is 6.09 Å². The van der Waals surface area contributed by atoms with E-state index in [4.69, 9.17) is 0 Å². The smallest absolute Gasteiger partial charge is 0.407 e. The summed E-state index contributed by atoms with van der Waals surface area (Å²) in [4.78, 5) is 15.1. The van der Waals surface area contributed by atoms with Crippen molar-refractivity contribution in [3.8, 4) is 0 Å². The maximum absolute atomic E-state index is 11.4. The van der Waals surface area contributed by atoms with Gasteiger partial charge in [-0.25, -0.2) is 4.79 Å². The highest BCUT2D eigenvalue weighted by molar-refractivity contribution is 5.65. The monoisotopic (exact) mass is 340 g/mol. The van der Waals surface area contributed by atoms with Crippen LogP contribution in [0.25, 0.3) is 0 Å². The highest BCUT2D eigenvalue weighted by Crippen LogP contribution is 2.25. The van der Waals surface area contributed by atoms with Crippen molar-refractivity contribution in [2.45, 2.75) is 19.1 Å². The lowest BCUT2D eigenvalue weighted by Crippen LogP contribution is -2.41. The molecule has 2 aromatic rings. The summed E-state index contributed by atoms with van der Waals surface area (Å²) in [7, 11) is 0. The first-order valence-corrected chi connectivity index (χ1v) is 8.58. The normalized spacial score (nSPS) is 20.2. The average molecular weight is 340 g/mol. The molecule has 25 heavy (non-hydrogen) atoms. The highest BCUT2D eigenvalue weighted by atomic mass is 16.4. The molecular formula is C20H24N2O3. The Hall–Kier alpha value is -2.37. The van der Waals surface area contributed by atoms with Gasteiger partial charge in [0.2, 0.25) is 0 Å². The van der Waals surface area contributed by atoms with Crippen LogP contribution in [0.1, 0.15) is 11.1 Å². The van der Waals surface area contributed by atoms with Gasteiger partial charge in [-0.3, -0.25) is 4.90 Å². The first-order chi connectivity index (χ1) is 12.2. The molecule has 1 aliphatic heterocycles. The number of likely N-dealkylation sites (tertiary alicyclic amines) is 1. The predicted molar refractivity (Wildman–Crippen MR) is 96.1 cm³/mol. The fourth-order valence-corrected chi connectivity index (χ4v) is 3.53. The van der Waals surface area contributed by atoms with E-state index in [1.807, 2.05) is 36.4 Å². The van der Waals surface area contributed by atoms with E-state index in [9.17, 15) is 15.0 Å². The lowest BCUT2D eigenvalue weighted by Gasteiger charge is -2.32. The second-order valence-electron chi connectivity index (χ2n) is 6.57. The average Bonchev–Trinajstić information content (AvgIpc) is 3.08. The van der Waals surface area contributed by atoms with E-state index in [2.05, 4.69) is 29.2 Å². The van der Waals surface area contributed by atoms with Crippen molar-refractivity contribution < 1.29 is 15.0 Å². The molecule has 1 aliphatic rings. The minimum atomic E-state index is -0.916. The standard InChI is InChI=1S/C20H24N2O3/c23-15-18-13-22(20(24)25)14-19(18)21(11-16-7-3-1-4-8-16)12-17-9-5-2-6-10-17/h1-10,18-19,23H,11-15H2,(H,24,25)/t18-,19+/m0/s1. The first kappa shape index (κ1) is 17.5. The molecule has 0 aromatic heterocycles. The van der Waals surface area contributed by atoms with Crippen LogP contribution in [0.5, 0.6) is 0 Å². The van der Waals surface area contributed by atoms with Gasteiger partial charge < -0.3 is 15.1 Å². The summed E-state index contributed by atoms with van der Waals surface area (Å²) in [6.07, 6.45) is -0.916. The van der Waals surface area contributed by atoms with Gasteiger partial charge in [-0.15, -0.1) is 0 Å². The second-order valence-corrected chi connectivity index (χ2v) is 6.57. The second kappa shape index (κ2) is 8.14. The molecule has 2 N–H and O–H groups in total. The number of benzene rings is 2. The zero-order chi connectivity index (χ0) is 17.6. The number of carbonyl (C=O) groups is 1. The fourth-order valence-electron chi connectivity index (χ4n) is 3.53. The number of aliphatic hydroxyl groups is 1. The van der Waals surface area contributed by atoms with Gasteiger partial charge in [0.1, 0.15) is 0 Å². The van der Waals surface area contributed by atoms with Crippen LogP contribution in [0.4, 0.5) is 4.79 Å². The van der Waals surface area contributed by atoms with Crippen LogP contribution in [0.15, 0.2) is 60.7 Å². The SMILES string of the molecule is O=C(O)N1C[C@@H](CO)[C@H](N(Cc2ccccc2)Cc2ccccc2)C1. The molecule has 0 radical (unpaired) electrons. The van der Waals surface area contributed by atoms with Crippen LogP contribution in [-0.2, 0) is 13.1 Å². The molecule has 0 spiro atoms. The molecule has 5 heteroatoms. The van der Waals surface area contributed by atoms with Crippen LogP contribution >= 0.6 is 0 Å². The van der Waals surface area contributed by atoms with E-state index in [1.165, 1.54) is 16.0 Å². The van der Waals surface area contributed by atoms with Crippen LogP contribution in [0, 0.1) is 5.92 Å². The van der Waals surface area contributed by atoms with Crippen molar-refractivity contribution in [2.75, 3.05) is 19.7 Å². The minimum Gasteiger partial charge on any atom is -0.465 e. The molecule has 2 atom stereocenters. The summed E-state index contributed by atoms with van der Waals surface area (Å²) in [5.41, 5.74) is 2.37. The first-order valence-electron chi connectivity index (χ1n) is 8.58. The highest BCUT2D eigenvalue weighted by Gasteiger charge is 2.38. The van der Waals surface area contributed by atoms with Gasteiger partial charge in [0.15, 0.2) is 0 Å². The van der Waals surface area contributed by atoms with Crippen LogP contribution in [-0.4, -0.2) is 51.8 Å². The van der Waals surface area contributed by atoms with Crippen molar-refractivity contribution in [2.24, 2.45) is 5.92 Å². The number of amides is 1. The van der Waals surface area contributed by atoms with Gasteiger partial charge in [0, 0.05) is 44.7 Å². The largest absolute Gasteiger partial charge is 0.465 e. The van der Waals surface area contributed by atoms with E-state index >= 15 is 0 Å². The summed E-state index contributed by atoms with van der Waals surface area (Å²) >= 11 is 0. The summed E-state index contributed by atoms with van der Waals surface area (Å²) < 4.78 is 0. The van der Waals surface area contributed by atoms with Crippen molar-refractivity contribution in [1.82, 2.24) is 9.80 Å². The third kappa shape index (κ3) is 4.38. The van der Waals surface area contributed by atoms with Crippen LogP contribution < -0.4 is 0 Å². The van der Waals surface area contributed by atoms with Crippen LogP contribution in [0.3, 0.4) is 0 Å². The number of carboxylic acid groups (broad SMARTS) is 1. The molecule has 0 bridgehead atoms. The molecule has 1 heterocycles. The Morgan fingerprint density at radius 3 is 1.92 bits per heavy atom. The minimum absolute atomic E-state index is 0.00140. The van der Waals surface area contributed by atoms with Gasteiger partial charge in [0.25, 0.3) is 0 Å². The third-order valence-electron chi connectivity index (χ3n) is 4.84. The maximum atomic E-state index is 11.4. The zero-order valence-corrected chi connectivity index (χ0v) is 14.2. The Morgan fingerprint density at radius 1 is 0.960 bits per heavy atom. The van der Waals surface area contributed by atoms with Crippen molar-refractivity contribution in [1.29, 1.82) is 0 Å². The number of rotatable bonds is 6. The molecule has 1 amide bonds. The molecule has 1 saturated heterocycles. The molecule has 0 saturated carbocycles. The Kier molecular flexibility index (Phi) is 5.68. The van der Waals surface area contributed by atoms with Crippen LogP contribution in [0.2, 0.25) is 0 Å². The summed E-state index contributed by atoms with van der Waals surface area (Å²) in [5, 5.41) is 19.1. The van der Waals surface area contributed by atoms with E-state index in [0.29, 0.717) is 13.1 Å². The molecule has 132 valence electrons. The molecule has 3 rings (SSSR count). The number of aliphatic hydroxyl groups excluding tert-OH is 1. The van der Waals surface area contributed by atoms with Crippen molar-refractivity contribution >= 4 is 6.09 Å². The molecule has 0 unspecified atom stereocenters. The van der Waals surface area contributed by atoms with E-state index in [0.717, 1.165) is 13.1 Å². The Labute approximate surface area is 148 Å². The zero-order valence-electron chi connectivity index (χ0n) is 14.2. The predicted octanol–water partition coefficient (Wildman–Crippen LogP) is 2.66. The van der Waals surface area contributed by atoms with E-state index in [1.54, 1.807) is 0 Å².